The van der Waals surface area contributed by atoms with Gasteiger partial charge in [-0.2, -0.15) is 0 Å². The second-order valence-corrected chi connectivity index (χ2v) is 13.8. The molecule has 0 atom stereocenters. The fourth-order valence-electron chi connectivity index (χ4n) is 6.61. The number of aryl methyl sites for hydroxylation is 4. The first kappa shape index (κ1) is 41.0. The molecule has 280 valence electrons. The van der Waals surface area contributed by atoms with E-state index < -0.39 is 11.1 Å². The topological polar surface area (TPSA) is 99.2 Å². The first-order valence-corrected chi connectivity index (χ1v) is 17.2. The number of hydrogen-bond donors (Lipinski definition) is 2. The number of thiocarbonyl (C=S) groups is 1. The molecule has 3 heterocycles. The van der Waals surface area contributed by atoms with Crippen LogP contribution in [0.3, 0.4) is 0 Å². The van der Waals surface area contributed by atoms with Crippen molar-refractivity contribution in [3.63, 3.8) is 0 Å². The Hall–Kier alpha value is -5.79. The lowest BCUT2D eigenvalue weighted by molar-refractivity contribution is -0.124. The number of hydrogen-bond acceptors (Lipinski definition) is 6. The third-order valence-electron chi connectivity index (χ3n) is 10.0. The zero-order valence-electron chi connectivity index (χ0n) is 29.2. The lowest BCUT2D eigenvalue weighted by atomic mass is 9.75. The molecule has 2 N–H and O–H groups in total. The maximum atomic E-state index is 14.2. The second-order valence-electron chi connectivity index (χ2n) is 13.5. The van der Waals surface area contributed by atoms with Crippen molar-refractivity contribution in [2.45, 2.75) is 92.2 Å². The van der Waals surface area contributed by atoms with Crippen LogP contribution >= 0.6 is 12.2 Å². The predicted molar refractivity (Wildman–Crippen MR) is 214 cm³/mol. The van der Waals surface area contributed by atoms with E-state index in [0.717, 1.165) is 12.8 Å². The highest BCUT2D eigenvalue weighted by Crippen LogP contribution is 2.48. The van der Waals surface area contributed by atoms with Crippen LogP contribution in [-0.4, -0.2) is 38.0 Å². The van der Waals surface area contributed by atoms with Crippen LogP contribution in [0.2, 0.25) is 0 Å². The fraction of sp³-hybridized carbons (Fsp3) is 0.341. The van der Waals surface area contributed by atoms with Gasteiger partial charge in [-0.15, -0.1) is 9.97 Å². The maximum absolute atomic E-state index is 14.2. The van der Waals surface area contributed by atoms with E-state index in [2.05, 4.69) is 30.3 Å². The summed E-state index contributed by atoms with van der Waals surface area (Å²) >= 11 is 5.65. The molecule has 1 saturated heterocycles. The van der Waals surface area contributed by atoms with Crippen LogP contribution in [0.4, 0.5) is 43.2 Å². The van der Waals surface area contributed by atoms with Gasteiger partial charge < -0.3 is 25.2 Å². The van der Waals surface area contributed by atoms with E-state index in [9.17, 15) is 18.4 Å². The summed E-state index contributed by atoms with van der Waals surface area (Å²) in [5, 5.41) is 6.38. The molecule has 4 aromatic rings. The number of pyridine rings is 2. The van der Waals surface area contributed by atoms with Crippen molar-refractivity contribution in [1.29, 1.82) is 0 Å². The summed E-state index contributed by atoms with van der Waals surface area (Å²) < 4.78 is 27.9. The van der Waals surface area contributed by atoms with Crippen molar-refractivity contribution < 1.29 is 18.4 Å². The Kier molecular flexibility index (Phi) is 12.2. The van der Waals surface area contributed by atoms with Gasteiger partial charge in [0.15, 0.2) is 5.11 Å². The van der Waals surface area contributed by atoms with E-state index in [0.29, 0.717) is 87.4 Å². The SMILES string of the molecule is C.C.[C-]#[N+]c1ncc(N2C(=O)C3(CCC3)N(c3ccc(C)c(F)c3)C2=S)cc1C.[C-]#[N+]c1ncc(NC(=O)C2(Nc3ccc(C)c(F)c3)CCC2)cc1C. The minimum Gasteiger partial charge on any atom is -0.371 e. The lowest BCUT2D eigenvalue weighted by Gasteiger charge is -2.43. The number of amides is 2. The number of rotatable bonds is 6. The van der Waals surface area contributed by atoms with Gasteiger partial charge in [0.2, 0.25) is 5.91 Å². The Morgan fingerprint density at radius 3 is 1.85 bits per heavy atom. The van der Waals surface area contributed by atoms with Crippen molar-refractivity contribution in [2.75, 3.05) is 20.4 Å². The largest absolute Gasteiger partial charge is 0.371 e. The summed E-state index contributed by atoms with van der Waals surface area (Å²) in [6.07, 6.45) is 7.53. The van der Waals surface area contributed by atoms with Crippen LogP contribution in [0.1, 0.15) is 75.6 Å². The monoisotopic (exact) mass is 750 g/mol. The predicted octanol–water partition coefficient (Wildman–Crippen LogP) is 10.1. The molecular formula is C41H44F2N8O2S. The molecule has 1 spiro atoms. The van der Waals surface area contributed by atoms with E-state index in [1.54, 1.807) is 69.0 Å². The van der Waals surface area contributed by atoms with E-state index >= 15 is 0 Å². The standard InChI is InChI=1S/C20H17FN4OS.C19H19FN4O.2CH4/c1-12-5-6-14(10-16(12)21)25-19(27)24(18(26)20(25)7-4-8-20)15-9-13(2)17(22-3)23-11-15;1-12-5-6-14(10-16(12)20)24-19(7-4-8-19)18(25)23-15-9-13(2)17(21-3)22-11-15;;/h5-6,9-11H,4,7-8H2,1-2H3;5-6,9-11,24H,4,7-8H2,1-2H3,(H,23,25);2*1H4. The zero-order chi connectivity index (χ0) is 37.4. The van der Waals surface area contributed by atoms with Crippen LogP contribution < -0.4 is 20.4 Å². The highest BCUT2D eigenvalue weighted by molar-refractivity contribution is 7.81. The molecule has 1 aliphatic heterocycles. The molecule has 3 aliphatic rings. The summed E-state index contributed by atoms with van der Waals surface area (Å²) in [4.78, 5) is 44.2. The quantitative estimate of drug-likeness (QED) is 0.150. The molecule has 54 heavy (non-hydrogen) atoms. The summed E-state index contributed by atoms with van der Waals surface area (Å²) in [7, 11) is 0. The Balaban J connectivity index is 0.000000233. The van der Waals surface area contributed by atoms with Gasteiger partial charge in [0.25, 0.3) is 17.5 Å². The zero-order valence-corrected chi connectivity index (χ0v) is 30.0. The van der Waals surface area contributed by atoms with E-state index in [1.807, 2.05) is 0 Å². The van der Waals surface area contributed by atoms with Crippen molar-refractivity contribution in [2.24, 2.45) is 0 Å². The van der Waals surface area contributed by atoms with Crippen LogP contribution in [0.15, 0.2) is 60.9 Å². The number of carbonyl (C=O) groups excluding carboxylic acids is 2. The summed E-state index contributed by atoms with van der Waals surface area (Å²) in [5.74, 6) is -0.284. The molecule has 0 unspecified atom stereocenters. The van der Waals surface area contributed by atoms with E-state index in [1.165, 1.54) is 29.4 Å². The van der Waals surface area contributed by atoms with Gasteiger partial charge in [-0.25, -0.2) is 8.78 Å². The lowest BCUT2D eigenvalue weighted by Crippen LogP contribution is -2.55. The highest BCUT2D eigenvalue weighted by Gasteiger charge is 2.59. The van der Waals surface area contributed by atoms with Crippen LogP contribution in [-0.2, 0) is 9.59 Å². The third-order valence-corrected chi connectivity index (χ3v) is 10.4. The van der Waals surface area contributed by atoms with Gasteiger partial charge in [-0.1, -0.05) is 40.1 Å². The van der Waals surface area contributed by atoms with Crippen molar-refractivity contribution >= 4 is 63.5 Å². The number of halogens is 2. The highest BCUT2D eigenvalue weighted by atomic mass is 32.1. The Morgan fingerprint density at radius 1 is 0.778 bits per heavy atom. The Bertz CT molecular complexity index is 2200. The van der Waals surface area contributed by atoms with E-state index in [4.69, 9.17) is 25.4 Å². The molecule has 2 aliphatic carbocycles. The normalized spacial score (nSPS) is 15.9. The number of benzene rings is 2. The van der Waals surface area contributed by atoms with Crippen LogP contribution in [0.5, 0.6) is 0 Å². The average Bonchev–Trinajstić information content (AvgIpc) is 3.32. The molecular weight excluding hydrogens is 707 g/mol. The van der Waals surface area contributed by atoms with Crippen LogP contribution in [0, 0.1) is 52.5 Å². The number of nitrogens with one attached hydrogen (secondary N) is 2. The van der Waals surface area contributed by atoms with Gasteiger partial charge in [0.1, 0.15) is 35.1 Å². The third kappa shape index (κ3) is 7.37. The average molecular weight is 751 g/mol. The number of carbonyl (C=O) groups is 2. The molecule has 0 radical (unpaired) electrons. The van der Waals surface area contributed by atoms with E-state index in [-0.39, 0.29) is 38.3 Å². The fourth-order valence-corrected chi connectivity index (χ4v) is 7.08. The summed E-state index contributed by atoms with van der Waals surface area (Å²) in [6.45, 7) is 21.1. The first-order chi connectivity index (χ1) is 24.8. The smallest absolute Gasteiger partial charge is 0.272 e. The minimum atomic E-state index is -0.759. The van der Waals surface area contributed by atoms with Crippen molar-refractivity contribution in [3.05, 3.63) is 118 Å². The minimum absolute atomic E-state index is 0. The van der Waals surface area contributed by atoms with Crippen molar-refractivity contribution in [1.82, 2.24) is 9.97 Å². The van der Waals surface area contributed by atoms with Crippen LogP contribution in [0.25, 0.3) is 9.69 Å². The molecule has 2 amide bonds. The molecule has 13 heteroatoms. The van der Waals surface area contributed by atoms with Gasteiger partial charge in [-0.3, -0.25) is 14.5 Å². The van der Waals surface area contributed by atoms with Gasteiger partial charge >= 0.3 is 0 Å². The van der Waals surface area contributed by atoms with Gasteiger partial charge in [-0.05, 0) is 137 Å². The summed E-state index contributed by atoms with van der Waals surface area (Å²) in [5.41, 5.74) is 3.28. The Morgan fingerprint density at radius 2 is 1.35 bits per heavy atom. The van der Waals surface area contributed by atoms with Gasteiger partial charge in [0.05, 0.1) is 11.4 Å². The maximum Gasteiger partial charge on any atom is 0.272 e. The Labute approximate surface area is 321 Å². The summed E-state index contributed by atoms with van der Waals surface area (Å²) in [6, 6.07) is 13.3. The molecule has 2 aromatic heterocycles. The molecule has 2 saturated carbocycles. The molecule has 0 bridgehead atoms. The number of nitrogens with zero attached hydrogens (tertiary/aromatic N) is 6. The molecule has 3 fully saturated rings. The van der Waals surface area contributed by atoms with Gasteiger partial charge in [0, 0.05) is 11.4 Å². The number of anilines is 4. The molecule has 10 nitrogen and oxygen atoms in total. The number of aromatic nitrogens is 2. The first-order valence-electron chi connectivity index (χ1n) is 16.8. The second kappa shape index (κ2) is 16.1. The molecule has 2 aromatic carbocycles. The van der Waals surface area contributed by atoms with Crippen molar-refractivity contribution in [3.8, 4) is 0 Å². The molecule has 7 rings (SSSR count).